The summed E-state index contributed by atoms with van der Waals surface area (Å²) in [5.41, 5.74) is 0.322. The Balaban J connectivity index is 1.47. The summed E-state index contributed by atoms with van der Waals surface area (Å²) < 4.78 is 89.8. The fourth-order valence-electron chi connectivity index (χ4n) is 4.56. The lowest BCUT2D eigenvalue weighted by atomic mass is 10.1. The van der Waals surface area contributed by atoms with Gasteiger partial charge in [-0.15, -0.1) is 11.3 Å². The van der Waals surface area contributed by atoms with Crippen molar-refractivity contribution in [3.05, 3.63) is 86.4 Å². The largest absolute Gasteiger partial charge is 0.487 e. The van der Waals surface area contributed by atoms with Gasteiger partial charge in [-0.1, -0.05) is 23.5 Å². The quantitative estimate of drug-likeness (QED) is 0.115. The Labute approximate surface area is 266 Å². The minimum atomic E-state index is -4.80. The van der Waals surface area contributed by atoms with Crippen LogP contribution >= 0.6 is 34.9 Å². The van der Waals surface area contributed by atoms with E-state index in [0.717, 1.165) is 23.5 Å². The number of hydrogen-bond acceptors (Lipinski definition) is 8. The number of aliphatic hydroxyl groups excluding tert-OH is 1. The van der Waals surface area contributed by atoms with Crippen LogP contribution in [0.3, 0.4) is 0 Å². The summed E-state index contributed by atoms with van der Waals surface area (Å²) in [6.45, 7) is -2.18. The highest BCUT2D eigenvalue weighted by Gasteiger charge is 2.44. The number of hydrogen-bond donors (Lipinski definition) is 3. The second-order valence-electron chi connectivity index (χ2n) is 9.98. The Morgan fingerprint density at radius 1 is 1.13 bits per heavy atom. The van der Waals surface area contributed by atoms with Crippen LogP contribution in [0.5, 0.6) is 5.75 Å². The normalized spacial score (nSPS) is 14.2. The summed E-state index contributed by atoms with van der Waals surface area (Å²) in [5, 5.41) is 13.2. The Morgan fingerprint density at radius 2 is 1.87 bits per heavy atom. The van der Waals surface area contributed by atoms with Gasteiger partial charge in [0.2, 0.25) is 0 Å². The first kappa shape index (κ1) is 32.7. The molecule has 45 heavy (non-hydrogen) atoms. The fourth-order valence-corrected chi connectivity index (χ4v) is 6.07. The smallest absolute Gasteiger partial charge is 0.416 e. The summed E-state index contributed by atoms with van der Waals surface area (Å²) >= 11 is 8.46. The predicted octanol–water partition coefficient (Wildman–Crippen LogP) is 8.09. The van der Waals surface area contributed by atoms with Gasteiger partial charge in [0.15, 0.2) is 0 Å². The van der Waals surface area contributed by atoms with Crippen molar-refractivity contribution in [2.75, 3.05) is 34.3 Å². The lowest BCUT2D eigenvalue weighted by Gasteiger charge is -2.40. The van der Waals surface area contributed by atoms with Gasteiger partial charge in [0.1, 0.15) is 23.9 Å². The Hall–Kier alpha value is -3.66. The van der Waals surface area contributed by atoms with Crippen molar-refractivity contribution < 1.29 is 41.0 Å². The molecule has 0 unspecified atom stereocenters. The fraction of sp³-hybridized carbons (Fsp3) is 0.241. The lowest BCUT2D eigenvalue weighted by Crippen LogP contribution is -2.56. The van der Waals surface area contributed by atoms with Crippen LogP contribution in [0.1, 0.15) is 25.7 Å². The molecule has 5 rings (SSSR count). The molecule has 0 radical (unpaired) electrons. The molecular formula is C29H23ClF6N4O3S2. The second-order valence-corrected chi connectivity index (χ2v) is 12.2. The van der Waals surface area contributed by atoms with Crippen LogP contribution in [0.2, 0.25) is 5.02 Å². The maximum atomic E-state index is 14.0. The van der Waals surface area contributed by atoms with Crippen LogP contribution in [-0.4, -0.2) is 41.3 Å². The minimum absolute atomic E-state index is 0.0392. The number of aliphatic hydroxyl groups is 1. The average molecular weight is 689 g/mol. The number of rotatable bonds is 10. The molecule has 238 valence electrons. The molecule has 4 aromatic rings. The number of ether oxygens (including phenoxy) is 1. The van der Waals surface area contributed by atoms with E-state index in [1.54, 1.807) is 18.2 Å². The molecule has 0 aliphatic carbocycles. The van der Waals surface area contributed by atoms with Crippen molar-refractivity contribution in [2.45, 2.75) is 25.3 Å². The first-order valence-electron chi connectivity index (χ1n) is 13.0. The van der Waals surface area contributed by atoms with E-state index >= 15 is 0 Å². The van der Waals surface area contributed by atoms with E-state index in [9.17, 15) is 36.2 Å². The van der Waals surface area contributed by atoms with Gasteiger partial charge < -0.3 is 24.8 Å². The van der Waals surface area contributed by atoms with Gasteiger partial charge >= 0.3 is 6.18 Å². The van der Waals surface area contributed by atoms with E-state index in [1.165, 1.54) is 35.2 Å². The molecule has 16 heteroatoms. The number of anilines is 3. The lowest BCUT2D eigenvalue weighted by molar-refractivity contribution is -0.137. The van der Waals surface area contributed by atoms with Crippen LogP contribution in [0, 0.1) is 5.82 Å². The number of carbonyl (C=O) groups is 1. The predicted molar refractivity (Wildman–Crippen MR) is 163 cm³/mol. The molecule has 2 aromatic heterocycles. The number of carbonyl (C=O) groups excluding carboxylic acids is 1. The topological polar surface area (TPSA) is 86.7 Å². The summed E-state index contributed by atoms with van der Waals surface area (Å²) in [6.07, 6.45) is -1.67. The zero-order valence-corrected chi connectivity index (χ0v) is 25.5. The summed E-state index contributed by atoms with van der Waals surface area (Å²) in [4.78, 5) is 19.4. The second kappa shape index (κ2) is 13.0. The van der Waals surface area contributed by atoms with Gasteiger partial charge in [-0.2, -0.15) is 13.2 Å². The molecule has 1 amide bonds. The Morgan fingerprint density at radius 3 is 2.53 bits per heavy atom. The molecule has 1 fully saturated rings. The SMILES string of the molecule is CSNc1cc(Cl)cc(NC(=O)c2cc(-c3ncc(N4CC(F)(F)C4)cc3OCc3cc(F)cc(C(F)(F)F)c3)c(CO)s2)c1. The molecule has 2 aromatic carbocycles. The third kappa shape index (κ3) is 7.77. The first-order valence-corrected chi connectivity index (χ1v) is 15.4. The van der Waals surface area contributed by atoms with Gasteiger partial charge in [-0.05, 0) is 48.0 Å². The standard InChI is InChI=1S/C29H23ClF6N4O3S2/c1-44-39-20-6-17(30)5-19(7-20)38-27(42)24-9-22(25(11-41)45-24)26-23(8-21(10-37-26)40-13-28(32,33)14-40)43-12-15-2-16(29(34,35)36)4-18(31)3-15/h2-10,39,41H,11-14H2,1H3,(H,38,42). The molecule has 1 aliphatic rings. The minimum Gasteiger partial charge on any atom is -0.487 e. The van der Waals surface area contributed by atoms with Gasteiger partial charge in [-0.3, -0.25) is 9.78 Å². The highest BCUT2D eigenvalue weighted by molar-refractivity contribution is 7.99. The van der Waals surface area contributed by atoms with Crippen LogP contribution < -0.4 is 19.7 Å². The summed E-state index contributed by atoms with van der Waals surface area (Å²) in [5.74, 6) is -4.59. The van der Waals surface area contributed by atoms with Crippen molar-refractivity contribution in [1.29, 1.82) is 0 Å². The molecular weight excluding hydrogens is 666 g/mol. The van der Waals surface area contributed by atoms with E-state index < -0.39 is 55.7 Å². The summed E-state index contributed by atoms with van der Waals surface area (Å²) in [6, 6.07) is 9.70. The third-order valence-corrected chi connectivity index (χ3v) is 8.31. The number of thiophene rings is 1. The first-order chi connectivity index (χ1) is 21.2. The monoisotopic (exact) mass is 688 g/mol. The van der Waals surface area contributed by atoms with Gasteiger partial charge in [0, 0.05) is 39.2 Å². The van der Waals surface area contributed by atoms with E-state index in [1.807, 2.05) is 6.26 Å². The van der Waals surface area contributed by atoms with Crippen molar-refractivity contribution in [2.24, 2.45) is 0 Å². The van der Waals surface area contributed by atoms with E-state index in [-0.39, 0.29) is 33.1 Å². The van der Waals surface area contributed by atoms with E-state index in [0.29, 0.717) is 27.3 Å². The number of benzene rings is 2. The van der Waals surface area contributed by atoms with Crippen LogP contribution in [0.4, 0.5) is 43.4 Å². The van der Waals surface area contributed by atoms with Crippen LogP contribution in [0.15, 0.2) is 54.7 Å². The molecule has 3 heterocycles. The summed E-state index contributed by atoms with van der Waals surface area (Å²) in [7, 11) is 0. The van der Waals surface area contributed by atoms with E-state index in [4.69, 9.17) is 16.3 Å². The van der Waals surface area contributed by atoms with Crippen LogP contribution in [-0.2, 0) is 19.4 Å². The molecule has 3 N–H and O–H groups in total. The maximum absolute atomic E-state index is 14.0. The number of nitrogens with zero attached hydrogens (tertiary/aromatic N) is 2. The van der Waals surface area contributed by atoms with Gasteiger partial charge in [-0.25, -0.2) is 13.2 Å². The molecule has 1 aliphatic heterocycles. The zero-order valence-electron chi connectivity index (χ0n) is 23.1. The van der Waals surface area contributed by atoms with Crippen LogP contribution in [0.25, 0.3) is 11.3 Å². The van der Waals surface area contributed by atoms with E-state index in [2.05, 4.69) is 15.0 Å². The van der Waals surface area contributed by atoms with Gasteiger partial charge in [0.05, 0.1) is 42.0 Å². The number of alkyl halides is 5. The zero-order chi connectivity index (χ0) is 32.5. The number of nitrogens with one attached hydrogen (secondary N) is 2. The van der Waals surface area contributed by atoms with Crippen molar-refractivity contribution in [1.82, 2.24) is 4.98 Å². The average Bonchev–Trinajstić information content (AvgIpc) is 3.38. The molecule has 0 saturated carbocycles. The number of halogens is 7. The molecule has 0 bridgehead atoms. The highest BCUT2D eigenvalue weighted by atomic mass is 35.5. The number of amides is 1. The number of aromatic nitrogens is 1. The molecule has 7 nitrogen and oxygen atoms in total. The highest BCUT2D eigenvalue weighted by Crippen LogP contribution is 2.41. The molecule has 1 saturated heterocycles. The Bertz CT molecular complexity index is 1730. The third-order valence-electron chi connectivity index (χ3n) is 6.53. The molecule has 0 atom stereocenters. The maximum Gasteiger partial charge on any atom is 0.416 e. The molecule has 0 spiro atoms. The van der Waals surface area contributed by atoms with Crippen molar-refractivity contribution >= 4 is 57.9 Å². The van der Waals surface area contributed by atoms with Crippen molar-refractivity contribution in [3.63, 3.8) is 0 Å². The van der Waals surface area contributed by atoms with Gasteiger partial charge in [0.25, 0.3) is 11.8 Å². The number of pyridine rings is 1. The van der Waals surface area contributed by atoms with Crippen molar-refractivity contribution in [3.8, 4) is 17.0 Å². The Kier molecular flexibility index (Phi) is 9.44.